The van der Waals surface area contributed by atoms with Crippen LogP contribution in [0.3, 0.4) is 0 Å². The molecule has 1 nitrogen and oxygen atoms in total. The van der Waals surface area contributed by atoms with Gasteiger partial charge >= 0.3 is 0 Å². The molecule has 2 aliphatic carbocycles. The highest BCUT2D eigenvalue weighted by Gasteiger charge is 2.48. The first-order valence-corrected chi connectivity index (χ1v) is 12.1. The summed E-state index contributed by atoms with van der Waals surface area (Å²) in [5, 5.41) is 2.82. The van der Waals surface area contributed by atoms with E-state index in [1.165, 1.54) is 22.4 Å². The van der Waals surface area contributed by atoms with Gasteiger partial charge < -0.3 is 0 Å². The minimum Gasteiger partial charge on any atom is -0.290 e. The Balaban J connectivity index is 1.99. The number of carbonyl (C=O) groups is 1. The van der Waals surface area contributed by atoms with E-state index in [9.17, 15) is 4.79 Å². The van der Waals surface area contributed by atoms with Crippen LogP contribution < -0.4 is 10.4 Å². The molecule has 0 spiro atoms. The molecular formula is C25H28OSi. The normalized spacial score (nSPS) is 21.4. The largest absolute Gasteiger partial charge is 0.290 e. The van der Waals surface area contributed by atoms with Crippen LogP contribution >= 0.6 is 0 Å². The van der Waals surface area contributed by atoms with E-state index in [0.717, 1.165) is 18.4 Å². The Hall–Kier alpha value is -2.19. The molecule has 2 aliphatic rings. The summed E-state index contributed by atoms with van der Waals surface area (Å²) in [6, 6.07) is 21.8. The lowest BCUT2D eigenvalue weighted by molar-refractivity contribution is -0.111. The average molecular weight is 373 g/mol. The zero-order chi connectivity index (χ0) is 19.1. The first-order chi connectivity index (χ1) is 12.9. The fourth-order valence-electron chi connectivity index (χ4n) is 5.04. The van der Waals surface area contributed by atoms with Gasteiger partial charge in [0.15, 0.2) is 5.78 Å². The van der Waals surface area contributed by atoms with Crippen molar-refractivity contribution in [2.24, 2.45) is 5.92 Å². The standard InChI is InChI=1S/C25H28OSi/c1-25(2,3)27(20-12-6-4-7-13-20,21-14-8-5-9-15-21)18-23-22-16-10-11-19(22)17-24(23)26/h4-9,12-15,17-18,22H,10-11,16H2,1-3H3/b23-18-/t22-/m0/s1. The first-order valence-electron chi connectivity index (χ1n) is 10.0. The third-order valence-corrected chi connectivity index (χ3v) is 12.0. The second-order valence-corrected chi connectivity index (χ2v) is 13.5. The molecule has 138 valence electrons. The topological polar surface area (TPSA) is 17.1 Å². The van der Waals surface area contributed by atoms with Crippen molar-refractivity contribution < 1.29 is 4.79 Å². The van der Waals surface area contributed by atoms with E-state index in [1.807, 2.05) is 6.08 Å². The molecule has 4 rings (SSSR count). The summed E-state index contributed by atoms with van der Waals surface area (Å²) in [6.07, 6.45) is 5.36. The monoisotopic (exact) mass is 372 g/mol. The Morgan fingerprint density at radius 2 is 1.48 bits per heavy atom. The van der Waals surface area contributed by atoms with Crippen molar-refractivity contribution in [3.05, 3.63) is 83.6 Å². The maximum Gasteiger partial charge on any atom is 0.181 e. The zero-order valence-corrected chi connectivity index (χ0v) is 17.5. The van der Waals surface area contributed by atoms with E-state index < -0.39 is 8.07 Å². The highest BCUT2D eigenvalue weighted by molar-refractivity contribution is 7.08. The molecule has 1 atom stereocenters. The van der Waals surface area contributed by atoms with Gasteiger partial charge in [-0.2, -0.15) is 0 Å². The summed E-state index contributed by atoms with van der Waals surface area (Å²) in [7, 11) is -2.33. The van der Waals surface area contributed by atoms with E-state index in [-0.39, 0.29) is 10.8 Å². The Bertz CT molecular complexity index is 861. The lowest BCUT2D eigenvalue weighted by Gasteiger charge is -2.42. The van der Waals surface area contributed by atoms with Crippen LogP contribution in [0.2, 0.25) is 5.04 Å². The average Bonchev–Trinajstić information content (AvgIpc) is 3.21. The molecule has 1 saturated carbocycles. The molecule has 2 aromatic rings. The Morgan fingerprint density at radius 3 is 2.00 bits per heavy atom. The van der Waals surface area contributed by atoms with Crippen molar-refractivity contribution in [1.29, 1.82) is 0 Å². The molecule has 0 aromatic heterocycles. The van der Waals surface area contributed by atoms with Crippen LogP contribution in [0.5, 0.6) is 0 Å². The van der Waals surface area contributed by atoms with Gasteiger partial charge in [0.2, 0.25) is 0 Å². The molecule has 0 unspecified atom stereocenters. The van der Waals surface area contributed by atoms with Crippen LogP contribution in [0, 0.1) is 5.92 Å². The molecule has 0 bridgehead atoms. The molecule has 2 aromatic carbocycles. The van der Waals surface area contributed by atoms with Crippen LogP contribution in [0.25, 0.3) is 0 Å². The van der Waals surface area contributed by atoms with E-state index in [2.05, 4.69) is 87.1 Å². The number of carbonyl (C=O) groups excluding carboxylic acids is 1. The maximum atomic E-state index is 12.9. The summed E-state index contributed by atoms with van der Waals surface area (Å²) in [6.45, 7) is 7.04. The van der Waals surface area contributed by atoms with Gasteiger partial charge in [-0.15, -0.1) is 0 Å². The van der Waals surface area contributed by atoms with E-state index in [0.29, 0.717) is 5.92 Å². The van der Waals surface area contributed by atoms with Crippen LogP contribution in [-0.4, -0.2) is 13.9 Å². The lowest BCUT2D eigenvalue weighted by atomic mass is 10.0. The molecule has 27 heavy (non-hydrogen) atoms. The number of hydrogen-bond acceptors (Lipinski definition) is 1. The minimum atomic E-state index is -2.33. The number of ketones is 1. The minimum absolute atomic E-state index is 0.0460. The third-order valence-electron chi connectivity index (χ3n) is 6.40. The second kappa shape index (κ2) is 6.76. The maximum absolute atomic E-state index is 12.9. The summed E-state index contributed by atoms with van der Waals surface area (Å²) in [5.41, 5.74) is 4.89. The van der Waals surface area contributed by atoms with Crippen molar-refractivity contribution in [3.63, 3.8) is 0 Å². The third kappa shape index (κ3) is 2.96. The molecular weight excluding hydrogens is 344 g/mol. The summed E-state index contributed by atoms with van der Waals surface area (Å²) < 4.78 is 0. The first kappa shape index (κ1) is 18.2. The van der Waals surface area contributed by atoms with Gasteiger partial charge in [-0.25, -0.2) is 0 Å². The van der Waals surface area contributed by atoms with Crippen molar-refractivity contribution in [2.45, 2.75) is 45.1 Å². The van der Waals surface area contributed by atoms with Gasteiger partial charge in [-0.05, 0) is 46.3 Å². The molecule has 0 aliphatic heterocycles. The SMILES string of the molecule is CC(C)(C)[Si](/C=C1\C(=O)C=C2CCC[C@@H]21)(c1ccccc1)c1ccccc1. The zero-order valence-electron chi connectivity index (χ0n) is 16.5. The Morgan fingerprint density at radius 1 is 0.926 bits per heavy atom. The van der Waals surface area contributed by atoms with Gasteiger partial charge in [0.25, 0.3) is 0 Å². The smallest absolute Gasteiger partial charge is 0.181 e. The fourth-order valence-corrected chi connectivity index (χ4v) is 10.1. The molecule has 0 amide bonds. The predicted molar refractivity (Wildman–Crippen MR) is 116 cm³/mol. The highest BCUT2D eigenvalue weighted by atomic mass is 28.3. The van der Waals surface area contributed by atoms with Crippen LogP contribution in [-0.2, 0) is 4.79 Å². The number of hydrogen-bond donors (Lipinski definition) is 0. The number of benzene rings is 2. The van der Waals surface area contributed by atoms with Crippen LogP contribution in [0.1, 0.15) is 40.0 Å². The van der Waals surface area contributed by atoms with Gasteiger partial charge in [0.1, 0.15) is 8.07 Å². The molecule has 1 fully saturated rings. The van der Waals surface area contributed by atoms with Gasteiger partial charge in [0.05, 0.1) is 0 Å². The van der Waals surface area contributed by atoms with Crippen molar-refractivity contribution >= 4 is 24.2 Å². The quantitative estimate of drug-likeness (QED) is 0.557. The highest BCUT2D eigenvalue weighted by Crippen LogP contribution is 2.44. The van der Waals surface area contributed by atoms with Gasteiger partial charge in [-0.1, -0.05) is 92.7 Å². The molecule has 0 radical (unpaired) electrons. The Labute approximate surface area is 163 Å². The van der Waals surface area contributed by atoms with Gasteiger partial charge in [0, 0.05) is 5.92 Å². The van der Waals surface area contributed by atoms with E-state index in [4.69, 9.17) is 0 Å². The predicted octanol–water partition coefficient (Wildman–Crippen LogP) is 4.82. The van der Waals surface area contributed by atoms with E-state index in [1.54, 1.807) is 0 Å². The summed E-state index contributed by atoms with van der Waals surface area (Å²) >= 11 is 0. The fraction of sp³-hybridized carbons (Fsp3) is 0.320. The van der Waals surface area contributed by atoms with Crippen molar-refractivity contribution in [1.82, 2.24) is 0 Å². The Kier molecular flexibility index (Phi) is 4.55. The number of rotatable bonds is 3. The van der Waals surface area contributed by atoms with Crippen molar-refractivity contribution in [2.75, 3.05) is 0 Å². The molecule has 2 heteroatoms. The number of allylic oxidation sites excluding steroid dienone is 3. The summed E-state index contributed by atoms with van der Waals surface area (Å²) in [5.74, 6) is 0.613. The molecule has 0 N–H and O–H groups in total. The van der Waals surface area contributed by atoms with Crippen LogP contribution in [0.15, 0.2) is 83.6 Å². The number of fused-ring (bicyclic) bond motifs is 1. The lowest BCUT2D eigenvalue weighted by Crippen LogP contribution is -2.63. The molecule has 0 saturated heterocycles. The van der Waals surface area contributed by atoms with E-state index >= 15 is 0 Å². The van der Waals surface area contributed by atoms with Crippen molar-refractivity contribution in [3.8, 4) is 0 Å². The molecule has 0 heterocycles. The second-order valence-electron chi connectivity index (χ2n) is 8.92. The summed E-state index contributed by atoms with van der Waals surface area (Å²) in [4.78, 5) is 12.9. The van der Waals surface area contributed by atoms with Crippen LogP contribution in [0.4, 0.5) is 0 Å². The van der Waals surface area contributed by atoms with Gasteiger partial charge in [-0.3, -0.25) is 4.79 Å².